The van der Waals surface area contributed by atoms with Gasteiger partial charge in [-0.25, -0.2) is 9.13 Å². The van der Waals surface area contributed by atoms with E-state index in [0.717, 1.165) is 0 Å². The highest BCUT2D eigenvalue weighted by Crippen LogP contribution is 2.42. The zero-order valence-corrected chi connectivity index (χ0v) is 11.6. The molecule has 12 heteroatoms. The summed E-state index contributed by atoms with van der Waals surface area (Å²) in [5, 5.41) is 19.3. The van der Waals surface area contributed by atoms with Gasteiger partial charge < -0.3 is 30.5 Å². The summed E-state index contributed by atoms with van der Waals surface area (Å²) < 4.78 is 21.9. The third-order valence-corrected chi connectivity index (χ3v) is 3.45. The van der Waals surface area contributed by atoms with Crippen molar-refractivity contribution in [2.75, 3.05) is 18.1 Å². The van der Waals surface area contributed by atoms with Crippen molar-refractivity contribution in [1.29, 1.82) is 0 Å². The van der Waals surface area contributed by atoms with E-state index < -0.39 is 39.0 Å². The van der Waals surface area contributed by atoms with E-state index in [0.29, 0.717) is 0 Å². The summed E-state index contributed by atoms with van der Waals surface area (Å²) in [5.41, 5.74) is 11.1. The number of nitrogens with zero attached hydrogens (tertiary/aromatic N) is 2. The quantitative estimate of drug-likeness (QED) is 0.251. The van der Waals surface area contributed by atoms with Gasteiger partial charge >= 0.3 is 13.8 Å². The Hall–Kier alpha value is -1.33. The van der Waals surface area contributed by atoms with Gasteiger partial charge in [-0.15, -0.1) is 0 Å². The Balaban J connectivity index is 2.28. The maximum absolute atomic E-state index is 10.9. The van der Waals surface area contributed by atoms with E-state index >= 15 is 0 Å². The number of phosphoric acid groups is 1. The van der Waals surface area contributed by atoms with Crippen LogP contribution in [0.5, 0.6) is 0 Å². The molecular formula is C9H16N4O7P+. The van der Waals surface area contributed by atoms with Gasteiger partial charge in [0.2, 0.25) is 12.0 Å². The van der Waals surface area contributed by atoms with Crippen LogP contribution in [-0.2, 0) is 13.8 Å². The second-order valence-corrected chi connectivity index (χ2v) is 5.61. The first-order valence-corrected chi connectivity index (χ1v) is 7.37. The third kappa shape index (κ3) is 3.47. The molecule has 11 nitrogen and oxygen atoms in total. The molecule has 4 atom stereocenters. The number of anilines is 2. The lowest BCUT2D eigenvalue weighted by Crippen LogP contribution is -2.48. The van der Waals surface area contributed by atoms with Crippen LogP contribution in [0.2, 0.25) is 0 Å². The molecule has 1 aliphatic heterocycles. The first-order chi connectivity index (χ1) is 9.73. The van der Waals surface area contributed by atoms with Crippen molar-refractivity contribution in [3.63, 3.8) is 0 Å². The topological polar surface area (TPSA) is 185 Å². The van der Waals surface area contributed by atoms with E-state index in [1.54, 1.807) is 0 Å². The summed E-state index contributed by atoms with van der Waals surface area (Å²) >= 11 is 0. The molecule has 0 aliphatic carbocycles. The van der Waals surface area contributed by atoms with Crippen molar-refractivity contribution < 1.29 is 38.4 Å². The van der Waals surface area contributed by atoms with Crippen LogP contribution in [0, 0.1) is 0 Å². The molecule has 0 saturated carbocycles. The molecule has 118 valence electrons. The number of aliphatic hydroxyl groups is 2. The zero-order valence-electron chi connectivity index (χ0n) is 10.7. The Labute approximate surface area is 119 Å². The molecule has 0 bridgehead atoms. The van der Waals surface area contributed by atoms with E-state index in [-0.39, 0.29) is 11.8 Å². The average molecular weight is 323 g/mol. The number of nitrogens with two attached hydrogens (primary N) is 2. The molecular weight excluding hydrogens is 307 g/mol. The van der Waals surface area contributed by atoms with Crippen LogP contribution in [0.15, 0.2) is 12.3 Å². The SMILES string of the molecule is Nc1cc[n+]([C@@H]2O[C@H](CO)[C@@H](OP(=O)(O)O)[C@@H]2O)c(N)n1. The van der Waals surface area contributed by atoms with Crippen molar-refractivity contribution in [2.45, 2.75) is 24.5 Å². The fourth-order valence-electron chi connectivity index (χ4n) is 2.06. The second kappa shape index (κ2) is 5.81. The van der Waals surface area contributed by atoms with Gasteiger partial charge in [0.05, 0.1) is 12.8 Å². The van der Waals surface area contributed by atoms with Crippen molar-refractivity contribution >= 4 is 19.6 Å². The number of aliphatic hydroxyl groups excluding tert-OH is 2. The van der Waals surface area contributed by atoms with Gasteiger partial charge in [0, 0.05) is 6.07 Å². The van der Waals surface area contributed by atoms with Crippen LogP contribution in [0.25, 0.3) is 0 Å². The standard InChI is InChI=1S/C9H15N4O7P/c10-5-1-2-13(9(11)12-5)8-6(15)7(4(3-14)19-8)20-21(16,17)18/h1-2,4,6-8,14-15H,3H2,(H5,10,11,12,16,17,18)/p+1/t4-,6+,7-,8-/m1/s1. The minimum absolute atomic E-state index is 0.0763. The molecule has 8 N–H and O–H groups in total. The van der Waals surface area contributed by atoms with Crippen LogP contribution in [0.3, 0.4) is 0 Å². The van der Waals surface area contributed by atoms with Crippen LogP contribution in [0.4, 0.5) is 11.8 Å². The molecule has 0 amide bonds. The Morgan fingerprint density at radius 1 is 1.48 bits per heavy atom. The van der Waals surface area contributed by atoms with Crippen LogP contribution in [0.1, 0.15) is 6.23 Å². The average Bonchev–Trinajstić information content (AvgIpc) is 2.65. The summed E-state index contributed by atoms with van der Waals surface area (Å²) in [6, 6.07) is 1.40. The Morgan fingerprint density at radius 3 is 2.67 bits per heavy atom. The predicted molar refractivity (Wildman–Crippen MR) is 67.2 cm³/mol. The molecule has 21 heavy (non-hydrogen) atoms. The Morgan fingerprint density at radius 2 is 2.14 bits per heavy atom. The smallest absolute Gasteiger partial charge is 0.394 e. The maximum atomic E-state index is 10.9. The molecule has 1 fully saturated rings. The third-order valence-electron chi connectivity index (χ3n) is 2.94. The summed E-state index contributed by atoms with van der Waals surface area (Å²) in [6.07, 6.45) is -3.79. The van der Waals surface area contributed by atoms with Gasteiger partial charge in [0.25, 0.3) is 0 Å². The van der Waals surface area contributed by atoms with Gasteiger partial charge in [-0.2, -0.15) is 0 Å². The lowest BCUT2D eigenvalue weighted by atomic mass is 10.1. The van der Waals surface area contributed by atoms with E-state index in [4.69, 9.17) is 26.0 Å². The lowest BCUT2D eigenvalue weighted by Gasteiger charge is -2.19. The maximum Gasteiger partial charge on any atom is 0.470 e. The summed E-state index contributed by atoms with van der Waals surface area (Å²) in [5.74, 6) is 0.0746. The molecule has 1 aliphatic rings. The van der Waals surface area contributed by atoms with E-state index in [1.165, 1.54) is 16.8 Å². The molecule has 1 saturated heterocycles. The van der Waals surface area contributed by atoms with Gasteiger partial charge in [-0.1, -0.05) is 4.98 Å². The van der Waals surface area contributed by atoms with E-state index in [9.17, 15) is 14.8 Å². The molecule has 2 rings (SSSR count). The number of hydrogen-bond donors (Lipinski definition) is 6. The molecule has 0 spiro atoms. The van der Waals surface area contributed by atoms with Gasteiger partial charge in [0.1, 0.15) is 18.3 Å². The summed E-state index contributed by atoms with van der Waals surface area (Å²) in [6.45, 7) is -0.610. The van der Waals surface area contributed by atoms with Crippen molar-refractivity contribution in [3.8, 4) is 0 Å². The lowest BCUT2D eigenvalue weighted by molar-refractivity contribution is -0.755. The fraction of sp³-hybridized carbons (Fsp3) is 0.556. The number of rotatable bonds is 4. The molecule has 0 radical (unpaired) electrons. The Bertz CT molecular complexity index is 567. The normalized spacial score (nSPS) is 29.7. The number of nitrogen functional groups attached to an aromatic ring is 2. The zero-order chi connectivity index (χ0) is 15.8. The monoisotopic (exact) mass is 323 g/mol. The van der Waals surface area contributed by atoms with Crippen LogP contribution in [-0.4, -0.2) is 49.9 Å². The summed E-state index contributed by atoms with van der Waals surface area (Å²) in [7, 11) is -4.87. The first-order valence-electron chi connectivity index (χ1n) is 5.84. The summed E-state index contributed by atoms with van der Waals surface area (Å²) in [4.78, 5) is 21.4. The van der Waals surface area contributed by atoms with Crippen molar-refractivity contribution in [1.82, 2.24) is 4.98 Å². The highest BCUT2D eigenvalue weighted by Gasteiger charge is 2.50. The van der Waals surface area contributed by atoms with Gasteiger partial charge in [0.15, 0.2) is 0 Å². The highest BCUT2D eigenvalue weighted by molar-refractivity contribution is 7.46. The molecule has 0 aromatic carbocycles. The van der Waals surface area contributed by atoms with Crippen LogP contribution >= 0.6 is 7.82 Å². The number of ether oxygens (including phenoxy) is 1. The molecule has 1 aromatic heterocycles. The number of aromatic nitrogens is 2. The minimum Gasteiger partial charge on any atom is -0.394 e. The Kier molecular flexibility index (Phi) is 4.44. The molecule has 0 unspecified atom stereocenters. The largest absolute Gasteiger partial charge is 0.470 e. The fourth-order valence-corrected chi connectivity index (χ4v) is 2.64. The van der Waals surface area contributed by atoms with E-state index in [1.807, 2.05) is 0 Å². The van der Waals surface area contributed by atoms with E-state index in [2.05, 4.69) is 9.51 Å². The van der Waals surface area contributed by atoms with Crippen molar-refractivity contribution in [2.24, 2.45) is 0 Å². The minimum atomic E-state index is -4.87. The van der Waals surface area contributed by atoms with Crippen LogP contribution < -0.4 is 16.0 Å². The molecule has 2 heterocycles. The van der Waals surface area contributed by atoms with Gasteiger partial charge in [-0.05, 0) is 0 Å². The molecule has 1 aromatic rings. The number of phosphoric ester groups is 1. The van der Waals surface area contributed by atoms with Gasteiger partial charge in [-0.3, -0.25) is 10.3 Å². The van der Waals surface area contributed by atoms with Crippen molar-refractivity contribution in [3.05, 3.63) is 12.3 Å². The number of hydrogen-bond acceptors (Lipinski definition) is 8. The highest BCUT2D eigenvalue weighted by atomic mass is 31.2. The first kappa shape index (κ1) is 16.0. The second-order valence-electron chi connectivity index (χ2n) is 4.42. The predicted octanol–water partition coefficient (Wildman–Crippen LogP) is -2.74.